The SMILES string of the molecule is CC.CCCCCCCCCCCC(C)CC. The molecule has 17 heavy (non-hydrogen) atoms. The Balaban J connectivity index is 0. The minimum Gasteiger partial charge on any atom is -0.0683 e. The average molecular weight is 242 g/mol. The maximum absolute atomic E-state index is 2.38. The van der Waals surface area contributed by atoms with Gasteiger partial charge in [0.05, 0.1) is 0 Å². The van der Waals surface area contributed by atoms with E-state index in [9.17, 15) is 0 Å². The molecule has 1 unspecified atom stereocenters. The fourth-order valence-corrected chi connectivity index (χ4v) is 2.01. The molecule has 0 aromatic rings. The van der Waals surface area contributed by atoms with Gasteiger partial charge in [0.2, 0.25) is 0 Å². The first-order valence-electron chi connectivity index (χ1n) is 8.31. The van der Waals surface area contributed by atoms with E-state index in [2.05, 4.69) is 20.8 Å². The van der Waals surface area contributed by atoms with Gasteiger partial charge in [0.1, 0.15) is 0 Å². The van der Waals surface area contributed by atoms with Crippen LogP contribution in [0.5, 0.6) is 0 Å². The lowest BCUT2D eigenvalue weighted by molar-refractivity contribution is 0.469. The second kappa shape index (κ2) is 18.4. The highest BCUT2D eigenvalue weighted by Crippen LogP contribution is 2.14. The summed E-state index contributed by atoms with van der Waals surface area (Å²) in [5.74, 6) is 0.953. The van der Waals surface area contributed by atoms with Gasteiger partial charge in [0.15, 0.2) is 0 Å². The van der Waals surface area contributed by atoms with E-state index in [0.717, 1.165) is 5.92 Å². The molecule has 0 rings (SSSR count). The van der Waals surface area contributed by atoms with Crippen LogP contribution in [0.25, 0.3) is 0 Å². The van der Waals surface area contributed by atoms with Crippen molar-refractivity contribution in [3.05, 3.63) is 0 Å². The molecule has 0 heterocycles. The molecule has 0 fully saturated rings. The Kier molecular flexibility index (Phi) is 20.9. The first kappa shape index (κ1) is 19.3. The summed E-state index contributed by atoms with van der Waals surface area (Å²) >= 11 is 0. The van der Waals surface area contributed by atoms with Gasteiger partial charge in [-0.3, -0.25) is 0 Å². The summed E-state index contributed by atoms with van der Waals surface area (Å²) < 4.78 is 0. The number of hydrogen-bond acceptors (Lipinski definition) is 0. The highest BCUT2D eigenvalue weighted by molar-refractivity contribution is 4.51. The van der Waals surface area contributed by atoms with E-state index in [1.807, 2.05) is 13.8 Å². The van der Waals surface area contributed by atoms with Crippen LogP contribution in [0.3, 0.4) is 0 Å². The zero-order chi connectivity index (χ0) is 13.4. The van der Waals surface area contributed by atoms with Gasteiger partial charge in [-0.25, -0.2) is 0 Å². The van der Waals surface area contributed by atoms with Crippen molar-refractivity contribution in [2.24, 2.45) is 5.92 Å². The third kappa shape index (κ3) is 18.6. The molecule has 0 heteroatoms. The summed E-state index contributed by atoms with van der Waals surface area (Å²) in [5, 5.41) is 0. The van der Waals surface area contributed by atoms with Gasteiger partial charge in [-0.2, -0.15) is 0 Å². The van der Waals surface area contributed by atoms with Crippen LogP contribution in [0, 0.1) is 5.92 Å². The minimum atomic E-state index is 0.953. The minimum absolute atomic E-state index is 0.953. The molecule has 1 atom stereocenters. The normalized spacial score (nSPS) is 11.8. The van der Waals surface area contributed by atoms with Gasteiger partial charge in [0.25, 0.3) is 0 Å². The van der Waals surface area contributed by atoms with Crippen molar-refractivity contribution in [3.8, 4) is 0 Å². The molecule has 0 radical (unpaired) electrons. The largest absolute Gasteiger partial charge is 0.0683 e. The Morgan fingerprint density at radius 1 is 0.647 bits per heavy atom. The quantitative estimate of drug-likeness (QED) is 0.343. The summed E-state index contributed by atoms with van der Waals surface area (Å²) in [7, 11) is 0. The zero-order valence-electron chi connectivity index (χ0n) is 13.4. The molecule has 0 aromatic carbocycles. The molecule has 0 aliphatic rings. The molecule has 0 bridgehead atoms. The molecular formula is C17H38. The van der Waals surface area contributed by atoms with E-state index in [0.29, 0.717) is 0 Å². The van der Waals surface area contributed by atoms with Crippen LogP contribution in [-0.2, 0) is 0 Å². The summed E-state index contributed by atoms with van der Waals surface area (Å²) in [6.45, 7) is 11.0. The van der Waals surface area contributed by atoms with Gasteiger partial charge in [-0.1, -0.05) is 105 Å². The Morgan fingerprint density at radius 3 is 1.47 bits per heavy atom. The van der Waals surface area contributed by atoms with Gasteiger partial charge in [-0.15, -0.1) is 0 Å². The van der Waals surface area contributed by atoms with Crippen molar-refractivity contribution in [1.82, 2.24) is 0 Å². The number of unbranched alkanes of at least 4 members (excludes halogenated alkanes) is 8. The molecule has 0 aliphatic carbocycles. The first-order valence-corrected chi connectivity index (χ1v) is 8.31. The fourth-order valence-electron chi connectivity index (χ4n) is 2.01. The van der Waals surface area contributed by atoms with Crippen LogP contribution in [0.15, 0.2) is 0 Å². The van der Waals surface area contributed by atoms with E-state index in [4.69, 9.17) is 0 Å². The van der Waals surface area contributed by atoms with E-state index in [1.165, 1.54) is 70.6 Å². The van der Waals surface area contributed by atoms with Crippen molar-refractivity contribution >= 4 is 0 Å². The van der Waals surface area contributed by atoms with Crippen LogP contribution in [0.1, 0.15) is 105 Å². The van der Waals surface area contributed by atoms with Crippen LogP contribution in [0.2, 0.25) is 0 Å². The Morgan fingerprint density at radius 2 is 1.06 bits per heavy atom. The predicted octanol–water partition coefficient (Wildman–Crippen LogP) is 6.98. The molecule has 0 aliphatic heterocycles. The van der Waals surface area contributed by atoms with E-state index >= 15 is 0 Å². The highest BCUT2D eigenvalue weighted by atomic mass is 14.0. The molecule has 0 saturated heterocycles. The molecule has 0 N–H and O–H groups in total. The molecule has 0 spiro atoms. The zero-order valence-corrected chi connectivity index (χ0v) is 13.4. The Bertz CT molecular complexity index is 107. The number of rotatable bonds is 11. The second-order valence-electron chi connectivity index (χ2n) is 5.13. The fraction of sp³-hybridized carbons (Fsp3) is 1.00. The monoisotopic (exact) mass is 242 g/mol. The van der Waals surface area contributed by atoms with Crippen molar-refractivity contribution in [3.63, 3.8) is 0 Å². The summed E-state index contributed by atoms with van der Waals surface area (Å²) in [6, 6.07) is 0. The maximum atomic E-state index is 2.38. The third-order valence-electron chi connectivity index (χ3n) is 3.50. The highest BCUT2D eigenvalue weighted by Gasteiger charge is 1.97. The topological polar surface area (TPSA) is 0 Å². The second-order valence-corrected chi connectivity index (χ2v) is 5.13. The average Bonchev–Trinajstić information content (AvgIpc) is 2.39. The molecular weight excluding hydrogens is 204 g/mol. The lowest BCUT2D eigenvalue weighted by atomic mass is 9.99. The van der Waals surface area contributed by atoms with Crippen molar-refractivity contribution in [2.75, 3.05) is 0 Å². The summed E-state index contributed by atoms with van der Waals surface area (Å²) in [6.07, 6.45) is 15.9. The van der Waals surface area contributed by atoms with E-state index in [-0.39, 0.29) is 0 Å². The molecule has 0 saturated carbocycles. The van der Waals surface area contributed by atoms with E-state index in [1.54, 1.807) is 0 Å². The molecule has 106 valence electrons. The lowest BCUT2D eigenvalue weighted by Gasteiger charge is -2.07. The molecule has 0 nitrogen and oxygen atoms in total. The predicted molar refractivity (Wildman–Crippen MR) is 82.6 cm³/mol. The smallest absolute Gasteiger partial charge is 0.0445 e. The summed E-state index contributed by atoms with van der Waals surface area (Å²) in [5.41, 5.74) is 0. The van der Waals surface area contributed by atoms with Crippen molar-refractivity contribution < 1.29 is 0 Å². The lowest BCUT2D eigenvalue weighted by Crippen LogP contribution is -1.91. The number of hydrogen-bond donors (Lipinski definition) is 0. The van der Waals surface area contributed by atoms with Crippen LogP contribution >= 0.6 is 0 Å². The van der Waals surface area contributed by atoms with Gasteiger partial charge in [0, 0.05) is 0 Å². The molecule has 0 amide bonds. The van der Waals surface area contributed by atoms with Crippen LogP contribution < -0.4 is 0 Å². The maximum Gasteiger partial charge on any atom is -0.0445 e. The van der Waals surface area contributed by atoms with Crippen molar-refractivity contribution in [1.29, 1.82) is 0 Å². The van der Waals surface area contributed by atoms with Gasteiger partial charge < -0.3 is 0 Å². The van der Waals surface area contributed by atoms with Crippen LogP contribution in [-0.4, -0.2) is 0 Å². The standard InChI is InChI=1S/C15H32.C2H6/c1-4-6-7-8-9-10-11-12-13-14-15(3)5-2;1-2/h15H,4-14H2,1-3H3;1-2H3. The van der Waals surface area contributed by atoms with Crippen molar-refractivity contribution in [2.45, 2.75) is 105 Å². The Hall–Kier alpha value is 0. The third-order valence-corrected chi connectivity index (χ3v) is 3.50. The first-order chi connectivity index (χ1) is 8.31. The summed E-state index contributed by atoms with van der Waals surface area (Å²) in [4.78, 5) is 0. The van der Waals surface area contributed by atoms with Gasteiger partial charge in [-0.05, 0) is 5.92 Å². The van der Waals surface area contributed by atoms with Crippen LogP contribution in [0.4, 0.5) is 0 Å². The van der Waals surface area contributed by atoms with E-state index < -0.39 is 0 Å². The Labute approximate surface area is 112 Å². The van der Waals surface area contributed by atoms with Gasteiger partial charge >= 0.3 is 0 Å². The molecule has 0 aromatic heterocycles.